The van der Waals surface area contributed by atoms with Gasteiger partial charge < -0.3 is 10.1 Å². The van der Waals surface area contributed by atoms with Gasteiger partial charge in [0, 0.05) is 28.4 Å². The van der Waals surface area contributed by atoms with Crippen LogP contribution in [0.2, 0.25) is 0 Å². The molecular weight excluding hydrogens is 438 g/mol. The highest BCUT2D eigenvalue weighted by Gasteiger charge is 2.74. The Labute approximate surface area is 176 Å². The maximum absolute atomic E-state index is 13.6. The van der Waals surface area contributed by atoms with E-state index in [4.69, 9.17) is 4.74 Å². The van der Waals surface area contributed by atoms with Crippen LogP contribution in [0.25, 0.3) is 0 Å². The maximum Gasteiger partial charge on any atom is 0.250 e. The Hall–Kier alpha value is -1.77. The van der Waals surface area contributed by atoms with Gasteiger partial charge in [0.1, 0.15) is 5.54 Å². The maximum atomic E-state index is 13.6. The van der Waals surface area contributed by atoms with E-state index in [-0.39, 0.29) is 29.9 Å². The zero-order chi connectivity index (χ0) is 19.9. The van der Waals surface area contributed by atoms with E-state index in [2.05, 4.69) is 26.1 Å². The minimum absolute atomic E-state index is 0.0679. The van der Waals surface area contributed by atoms with Crippen LogP contribution in [0, 0.1) is 11.8 Å². The summed E-state index contributed by atoms with van der Waals surface area (Å²) >= 11 is 3.52. The number of benzene rings is 1. The molecule has 0 saturated carbocycles. The molecule has 1 spiro atoms. The number of rotatable bonds is 2. The molecule has 1 aromatic rings. The molecule has 5 heterocycles. The first-order valence-electron chi connectivity index (χ1n) is 10.4. The summed E-state index contributed by atoms with van der Waals surface area (Å²) in [6, 6.07) is 5.63. The number of nitrogens with one attached hydrogen (secondary N) is 1. The van der Waals surface area contributed by atoms with Crippen molar-refractivity contribution in [3.8, 4) is 0 Å². The number of ether oxygens (including phenoxy) is 1. The van der Waals surface area contributed by atoms with Crippen LogP contribution in [0.4, 0.5) is 5.69 Å². The van der Waals surface area contributed by atoms with Crippen LogP contribution < -0.4 is 5.32 Å². The highest BCUT2D eigenvalue weighted by atomic mass is 79.9. The van der Waals surface area contributed by atoms with Crippen molar-refractivity contribution < 1.29 is 19.1 Å². The zero-order valence-electron chi connectivity index (χ0n) is 15.9. The van der Waals surface area contributed by atoms with Gasteiger partial charge in [0.15, 0.2) is 0 Å². The Morgan fingerprint density at radius 1 is 1.17 bits per heavy atom. The highest BCUT2D eigenvalue weighted by Crippen LogP contribution is 2.60. The number of hydrogen-bond acceptors (Lipinski definition) is 5. The number of carbonyl (C=O) groups is 3. The fourth-order valence-corrected chi connectivity index (χ4v) is 6.77. The Kier molecular flexibility index (Phi) is 3.81. The zero-order valence-corrected chi connectivity index (χ0v) is 17.5. The van der Waals surface area contributed by atoms with Crippen LogP contribution in [-0.4, -0.2) is 59.4 Å². The molecule has 29 heavy (non-hydrogen) atoms. The van der Waals surface area contributed by atoms with E-state index in [1.165, 1.54) is 4.90 Å². The molecule has 1 aromatic carbocycles. The second-order valence-corrected chi connectivity index (χ2v) is 9.65. The Balaban J connectivity index is 1.48. The van der Waals surface area contributed by atoms with E-state index in [0.29, 0.717) is 13.2 Å². The lowest BCUT2D eigenvalue weighted by Gasteiger charge is -2.37. The van der Waals surface area contributed by atoms with Crippen LogP contribution in [0.1, 0.15) is 31.2 Å². The van der Waals surface area contributed by atoms with Crippen molar-refractivity contribution in [1.82, 2.24) is 9.80 Å². The van der Waals surface area contributed by atoms with Gasteiger partial charge in [-0.05, 0) is 50.4 Å². The highest BCUT2D eigenvalue weighted by molar-refractivity contribution is 9.10. The van der Waals surface area contributed by atoms with Crippen LogP contribution in [0.3, 0.4) is 0 Å². The van der Waals surface area contributed by atoms with Gasteiger partial charge >= 0.3 is 0 Å². The minimum atomic E-state index is -1.09. The summed E-state index contributed by atoms with van der Waals surface area (Å²) in [4.78, 5) is 44.1. The van der Waals surface area contributed by atoms with Crippen LogP contribution in [0.5, 0.6) is 0 Å². The summed E-state index contributed by atoms with van der Waals surface area (Å²) in [7, 11) is 0. The number of carbonyl (C=O) groups excluding carboxylic acids is 3. The standard InChI is InChI=1S/C21H22BrN3O4/c22-11-5-6-14-13(9-11)21(20(28)23-14)17-16(15-4-1-7-25(15)21)18(26)24(19(17)27)10-12-3-2-8-29-12/h5-6,9,12,15-17H,1-4,7-8,10H2,(H,23,28)/t12-,15+,16+,17+,21-/m0/s1. The van der Waals surface area contributed by atoms with Gasteiger partial charge in [-0.1, -0.05) is 15.9 Å². The van der Waals surface area contributed by atoms with E-state index in [0.717, 1.165) is 48.0 Å². The largest absolute Gasteiger partial charge is 0.376 e. The quantitative estimate of drug-likeness (QED) is 0.682. The van der Waals surface area contributed by atoms with Crippen LogP contribution in [-0.2, 0) is 24.7 Å². The molecule has 0 unspecified atom stereocenters. The Bertz CT molecular complexity index is 946. The van der Waals surface area contributed by atoms with Crippen molar-refractivity contribution >= 4 is 39.3 Å². The molecule has 6 rings (SSSR count). The number of imide groups is 1. The molecule has 7 nitrogen and oxygen atoms in total. The second kappa shape index (κ2) is 6.12. The van der Waals surface area contributed by atoms with E-state index >= 15 is 0 Å². The average Bonchev–Trinajstić information content (AvgIpc) is 3.47. The van der Waals surface area contributed by atoms with Crippen molar-refractivity contribution in [2.24, 2.45) is 11.8 Å². The van der Waals surface area contributed by atoms with E-state index in [1.54, 1.807) is 0 Å². The molecule has 4 saturated heterocycles. The molecular formula is C21H22BrN3O4. The van der Waals surface area contributed by atoms with Gasteiger partial charge in [-0.25, -0.2) is 0 Å². The molecule has 152 valence electrons. The second-order valence-electron chi connectivity index (χ2n) is 8.74. The normalized spacial score (nSPS) is 38.1. The number of amides is 3. The number of likely N-dealkylation sites (tertiary alicyclic amines) is 1. The van der Waals surface area contributed by atoms with E-state index in [1.807, 2.05) is 18.2 Å². The SMILES string of the molecule is O=C1[C@@H]2[C@H]3CCCN3[C@]3(C(=O)Nc4ccc(Br)cc43)[C@H]2C(=O)N1C[C@@H]1CCCO1. The molecule has 0 aliphatic carbocycles. The van der Waals surface area contributed by atoms with E-state index < -0.39 is 17.4 Å². The topological polar surface area (TPSA) is 79.0 Å². The summed E-state index contributed by atoms with van der Waals surface area (Å²) in [5.74, 6) is -1.64. The Morgan fingerprint density at radius 2 is 2.03 bits per heavy atom. The first-order chi connectivity index (χ1) is 14.0. The van der Waals surface area contributed by atoms with Gasteiger partial charge in [0.05, 0.1) is 24.5 Å². The number of hydrogen-bond donors (Lipinski definition) is 1. The first kappa shape index (κ1) is 18.0. The molecule has 8 heteroatoms. The molecule has 0 aromatic heterocycles. The number of nitrogens with zero attached hydrogens (tertiary/aromatic N) is 2. The van der Waals surface area contributed by atoms with E-state index in [9.17, 15) is 14.4 Å². The third kappa shape index (κ3) is 2.17. The minimum Gasteiger partial charge on any atom is -0.376 e. The van der Waals surface area contributed by atoms with Gasteiger partial charge in [0.2, 0.25) is 17.7 Å². The fourth-order valence-electron chi connectivity index (χ4n) is 6.41. The molecule has 0 bridgehead atoms. The van der Waals surface area contributed by atoms with Crippen molar-refractivity contribution in [2.45, 2.75) is 43.4 Å². The van der Waals surface area contributed by atoms with Crippen molar-refractivity contribution in [1.29, 1.82) is 0 Å². The summed E-state index contributed by atoms with van der Waals surface area (Å²) < 4.78 is 6.55. The predicted octanol–water partition coefficient (Wildman–Crippen LogP) is 1.85. The van der Waals surface area contributed by atoms with Crippen molar-refractivity contribution in [2.75, 3.05) is 25.0 Å². The summed E-state index contributed by atoms with van der Waals surface area (Å²) in [6.45, 7) is 1.71. The van der Waals surface area contributed by atoms with Gasteiger partial charge in [-0.3, -0.25) is 24.2 Å². The lowest BCUT2D eigenvalue weighted by molar-refractivity contribution is -0.147. The number of fused-ring (bicyclic) bond motifs is 7. The number of halogens is 1. The third-order valence-corrected chi connectivity index (χ3v) is 7.95. The molecule has 0 radical (unpaired) electrons. The summed E-state index contributed by atoms with van der Waals surface area (Å²) in [6.07, 6.45) is 3.50. The van der Waals surface area contributed by atoms with Gasteiger partial charge in [-0.15, -0.1) is 0 Å². The molecule has 5 aliphatic rings. The Morgan fingerprint density at radius 3 is 2.83 bits per heavy atom. The summed E-state index contributed by atoms with van der Waals surface area (Å²) in [5, 5.41) is 3.00. The molecule has 1 N–H and O–H groups in total. The molecule has 3 amide bonds. The first-order valence-corrected chi connectivity index (χ1v) is 11.2. The van der Waals surface area contributed by atoms with Gasteiger partial charge in [0.25, 0.3) is 0 Å². The lowest BCUT2D eigenvalue weighted by atomic mass is 9.75. The predicted molar refractivity (Wildman–Crippen MR) is 107 cm³/mol. The smallest absolute Gasteiger partial charge is 0.250 e. The van der Waals surface area contributed by atoms with Crippen LogP contribution in [0.15, 0.2) is 22.7 Å². The summed E-state index contributed by atoms with van der Waals surface area (Å²) in [5.41, 5.74) is 0.460. The van der Waals surface area contributed by atoms with Crippen molar-refractivity contribution in [3.05, 3.63) is 28.2 Å². The fraction of sp³-hybridized carbons (Fsp3) is 0.571. The van der Waals surface area contributed by atoms with Crippen molar-refractivity contribution in [3.63, 3.8) is 0 Å². The molecule has 4 fully saturated rings. The lowest BCUT2D eigenvalue weighted by Crippen LogP contribution is -2.54. The molecule has 5 atom stereocenters. The third-order valence-electron chi connectivity index (χ3n) is 7.46. The monoisotopic (exact) mass is 459 g/mol. The average molecular weight is 460 g/mol. The van der Waals surface area contributed by atoms with Crippen LogP contribution >= 0.6 is 15.9 Å². The van der Waals surface area contributed by atoms with Gasteiger partial charge in [-0.2, -0.15) is 0 Å². The number of anilines is 1. The molecule has 5 aliphatic heterocycles.